The van der Waals surface area contributed by atoms with E-state index in [-0.39, 0.29) is 16.5 Å². The molecule has 4 aromatic rings. The van der Waals surface area contributed by atoms with Crippen LogP contribution < -0.4 is 16.0 Å². The van der Waals surface area contributed by atoms with Crippen LogP contribution in [0.15, 0.2) is 53.7 Å². The van der Waals surface area contributed by atoms with Gasteiger partial charge in [-0.05, 0) is 37.6 Å². The third-order valence-electron chi connectivity index (χ3n) is 5.03. The van der Waals surface area contributed by atoms with Gasteiger partial charge in [0.25, 0.3) is 5.78 Å². The predicted octanol–water partition coefficient (Wildman–Crippen LogP) is 5.53. The molecule has 2 aromatic heterocycles. The summed E-state index contributed by atoms with van der Waals surface area (Å²) in [4.78, 5) is 22.3. The average molecular weight is 551 g/mol. The first-order valence-electron chi connectivity index (χ1n) is 11.2. The van der Waals surface area contributed by atoms with Crippen LogP contribution >= 0.6 is 23.4 Å². The van der Waals surface area contributed by atoms with Gasteiger partial charge in [-0.2, -0.15) is 23.1 Å². The maximum absolute atomic E-state index is 13.5. The van der Waals surface area contributed by atoms with Crippen LogP contribution in [0.3, 0.4) is 0 Å². The lowest BCUT2D eigenvalue weighted by atomic mass is 10.1. The second-order valence-electron chi connectivity index (χ2n) is 7.64. The highest BCUT2D eigenvalue weighted by atomic mass is 35.5. The molecule has 0 unspecified atom stereocenters. The molecule has 0 radical (unpaired) electrons. The summed E-state index contributed by atoms with van der Waals surface area (Å²) in [6, 6.07) is 11.5. The number of carbonyl (C=O) groups excluding carboxylic acids is 1. The van der Waals surface area contributed by atoms with Gasteiger partial charge in [-0.3, -0.25) is 4.79 Å². The standard InChI is InChI=1S/C23H22ClF3N8OS/c1-3-28-19-31-20(29-4-2)35-21(32-19)33-34-22(35)37-17(13-8-6-5-7-9-13)18(36)30-16-12-14(23(25,26)27)10-11-15(16)24/h5-12,17H,3-4H2,1-2H3,(H,30,36)(H2,28,29,31,32,33)/t17-/m0/s1. The maximum atomic E-state index is 13.5. The number of nitrogens with one attached hydrogen (secondary N) is 3. The van der Waals surface area contributed by atoms with Gasteiger partial charge in [0.05, 0.1) is 16.3 Å². The zero-order valence-corrected chi connectivity index (χ0v) is 21.2. The van der Waals surface area contributed by atoms with Gasteiger partial charge in [0.1, 0.15) is 5.25 Å². The Kier molecular flexibility index (Phi) is 8.03. The van der Waals surface area contributed by atoms with Gasteiger partial charge in [-0.25, -0.2) is 4.40 Å². The van der Waals surface area contributed by atoms with Crippen LogP contribution in [0.5, 0.6) is 0 Å². The van der Waals surface area contributed by atoms with Gasteiger partial charge < -0.3 is 16.0 Å². The Labute approximate surface area is 219 Å². The molecule has 37 heavy (non-hydrogen) atoms. The summed E-state index contributed by atoms with van der Waals surface area (Å²) in [6.07, 6.45) is -4.59. The summed E-state index contributed by atoms with van der Waals surface area (Å²) in [7, 11) is 0. The van der Waals surface area contributed by atoms with Gasteiger partial charge in [0.15, 0.2) is 0 Å². The topological polar surface area (TPSA) is 109 Å². The summed E-state index contributed by atoms with van der Waals surface area (Å²) in [5.41, 5.74) is -0.482. The Bertz CT molecular complexity index is 1400. The van der Waals surface area contributed by atoms with E-state index in [4.69, 9.17) is 11.6 Å². The molecule has 0 fully saturated rings. The molecule has 14 heteroatoms. The number of nitrogens with zero attached hydrogens (tertiary/aromatic N) is 5. The maximum Gasteiger partial charge on any atom is 0.416 e. The second kappa shape index (κ2) is 11.2. The van der Waals surface area contributed by atoms with E-state index in [2.05, 4.69) is 36.1 Å². The lowest BCUT2D eigenvalue weighted by Gasteiger charge is -2.18. The van der Waals surface area contributed by atoms with Crippen molar-refractivity contribution in [1.29, 1.82) is 0 Å². The van der Waals surface area contributed by atoms with Crippen molar-refractivity contribution in [3.63, 3.8) is 0 Å². The molecule has 0 saturated heterocycles. The highest BCUT2D eigenvalue weighted by Gasteiger charge is 2.32. The molecule has 0 spiro atoms. The van der Waals surface area contributed by atoms with E-state index in [9.17, 15) is 18.0 Å². The zero-order valence-electron chi connectivity index (χ0n) is 19.7. The molecule has 0 aliphatic carbocycles. The highest BCUT2D eigenvalue weighted by molar-refractivity contribution is 8.00. The van der Waals surface area contributed by atoms with E-state index in [1.54, 1.807) is 34.7 Å². The van der Waals surface area contributed by atoms with Crippen molar-refractivity contribution < 1.29 is 18.0 Å². The Balaban J connectivity index is 1.72. The summed E-state index contributed by atoms with van der Waals surface area (Å²) in [6.45, 7) is 4.96. The molecule has 1 amide bonds. The number of carbonyl (C=O) groups is 1. The molecule has 0 bridgehead atoms. The van der Waals surface area contributed by atoms with Gasteiger partial charge in [0, 0.05) is 13.1 Å². The van der Waals surface area contributed by atoms with Crippen LogP contribution in [0.1, 0.15) is 30.2 Å². The van der Waals surface area contributed by atoms with E-state index in [0.29, 0.717) is 35.7 Å². The molecule has 194 valence electrons. The number of halogens is 4. The van der Waals surface area contributed by atoms with Crippen LogP contribution in [-0.2, 0) is 11.0 Å². The minimum absolute atomic E-state index is 0.0233. The van der Waals surface area contributed by atoms with Crippen LogP contribution in [0.4, 0.5) is 30.8 Å². The second-order valence-corrected chi connectivity index (χ2v) is 9.12. The molecule has 1 atom stereocenters. The van der Waals surface area contributed by atoms with Crippen molar-refractivity contribution >= 4 is 52.6 Å². The number of fused-ring (bicyclic) bond motifs is 1. The van der Waals surface area contributed by atoms with E-state index >= 15 is 0 Å². The van der Waals surface area contributed by atoms with Crippen molar-refractivity contribution in [2.24, 2.45) is 0 Å². The lowest BCUT2D eigenvalue weighted by molar-refractivity contribution is -0.137. The molecule has 4 rings (SSSR count). The van der Waals surface area contributed by atoms with Crippen LogP contribution in [0, 0.1) is 0 Å². The Morgan fingerprint density at radius 2 is 1.78 bits per heavy atom. The summed E-state index contributed by atoms with van der Waals surface area (Å²) < 4.78 is 41.3. The molecule has 0 aliphatic rings. The van der Waals surface area contributed by atoms with E-state index in [0.717, 1.165) is 30.0 Å². The van der Waals surface area contributed by atoms with Gasteiger partial charge in [-0.15, -0.1) is 10.2 Å². The molecule has 2 heterocycles. The minimum atomic E-state index is -4.59. The largest absolute Gasteiger partial charge is 0.416 e. The Morgan fingerprint density at radius 1 is 1.05 bits per heavy atom. The van der Waals surface area contributed by atoms with E-state index in [1.807, 2.05) is 13.8 Å². The minimum Gasteiger partial charge on any atom is -0.355 e. The lowest BCUT2D eigenvalue weighted by Crippen LogP contribution is -2.20. The number of alkyl halides is 3. The van der Waals surface area contributed by atoms with Crippen LogP contribution in [0.25, 0.3) is 5.78 Å². The molecule has 3 N–H and O–H groups in total. The number of anilines is 3. The Hall–Kier alpha value is -3.58. The first-order valence-corrected chi connectivity index (χ1v) is 12.5. The fourth-order valence-electron chi connectivity index (χ4n) is 3.38. The molecular formula is C23H22ClF3N8OS. The van der Waals surface area contributed by atoms with Gasteiger partial charge in [-0.1, -0.05) is 53.7 Å². The number of amides is 1. The fraction of sp³-hybridized carbons (Fsp3) is 0.261. The molecule has 0 saturated carbocycles. The number of rotatable bonds is 9. The molecule has 2 aromatic carbocycles. The fourth-order valence-corrected chi connectivity index (χ4v) is 4.58. The Morgan fingerprint density at radius 3 is 2.46 bits per heavy atom. The summed E-state index contributed by atoms with van der Waals surface area (Å²) >= 11 is 7.16. The summed E-state index contributed by atoms with van der Waals surface area (Å²) in [5, 5.41) is 16.4. The normalized spacial score (nSPS) is 12.4. The van der Waals surface area contributed by atoms with Crippen LogP contribution in [0.2, 0.25) is 5.02 Å². The first kappa shape index (κ1) is 26.5. The van der Waals surface area contributed by atoms with Crippen molar-refractivity contribution in [2.45, 2.75) is 30.4 Å². The average Bonchev–Trinajstić information content (AvgIpc) is 3.27. The van der Waals surface area contributed by atoms with Crippen molar-refractivity contribution in [1.82, 2.24) is 24.6 Å². The number of hydrogen-bond donors (Lipinski definition) is 3. The number of hydrogen-bond acceptors (Lipinski definition) is 8. The number of aromatic nitrogens is 5. The smallest absolute Gasteiger partial charge is 0.355 e. The summed E-state index contributed by atoms with van der Waals surface area (Å²) in [5.74, 6) is 0.456. The number of benzene rings is 2. The van der Waals surface area contributed by atoms with Crippen molar-refractivity contribution in [3.05, 3.63) is 64.7 Å². The quantitative estimate of drug-likeness (QED) is 0.233. The van der Waals surface area contributed by atoms with Crippen LogP contribution in [-0.4, -0.2) is 43.6 Å². The number of thioether (sulfide) groups is 1. The van der Waals surface area contributed by atoms with Gasteiger partial charge in [0.2, 0.25) is 23.0 Å². The van der Waals surface area contributed by atoms with Crippen molar-refractivity contribution in [3.8, 4) is 0 Å². The third kappa shape index (κ3) is 6.05. The first-order chi connectivity index (χ1) is 17.7. The SMILES string of the molecule is CCNc1nc(NCC)n2c(S[C@H](C(=O)Nc3cc(C(F)(F)F)ccc3Cl)c3ccccc3)nnc2n1. The monoisotopic (exact) mass is 550 g/mol. The molecule has 9 nitrogen and oxygen atoms in total. The molecule has 0 aliphatic heterocycles. The van der Waals surface area contributed by atoms with E-state index in [1.165, 1.54) is 0 Å². The zero-order chi connectivity index (χ0) is 26.6. The third-order valence-corrected chi connectivity index (χ3v) is 6.56. The molecular weight excluding hydrogens is 529 g/mol. The van der Waals surface area contributed by atoms with E-state index < -0.39 is 22.9 Å². The predicted molar refractivity (Wildman–Crippen MR) is 137 cm³/mol. The highest BCUT2D eigenvalue weighted by Crippen LogP contribution is 2.38. The van der Waals surface area contributed by atoms with Gasteiger partial charge >= 0.3 is 6.18 Å². The van der Waals surface area contributed by atoms with Crippen molar-refractivity contribution in [2.75, 3.05) is 29.0 Å².